The van der Waals surface area contributed by atoms with E-state index in [1.54, 1.807) is 13.8 Å². The van der Waals surface area contributed by atoms with Crippen LogP contribution in [0.4, 0.5) is 18.9 Å². The second-order valence-electron chi connectivity index (χ2n) is 4.90. The molecule has 0 heterocycles. The predicted octanol–water partition coefficient (Wildman–Crippen LogP) is 2.40. The molecule has 5 N–H and O–H groups in total. The number of halogens is 3. The van der Waals surface area contributed by atoms with E-state index in [0.29, 0.717) is 10.6 Å². The highest BCUT2D eigenvalue weighted by Gasteiger charge is 2.31. The van der Waals surface area contributed by atoms with E-state index in [2.05, 4.69) is 5.43 Å². The molecule has 0 saturated carbocycles. The number of hydrogen-bond acceptors (Lipinski definition) is 4. The van der Waals surface area contributed by atoms with Gasteiger partial charge in [-0.15, -0.1) is 11.8 Å². The average molecular weight is 307 g/mol. The highest BCUT2D eigenvalue weighted by Crippen LogP contribution is 2.36. The summed E-state index contributed by atoms with van der Waals surface area (Å²) in [6.07, 6.45) is -4.42. The molecule has 1 amide bonds. The Bertz CT molecular complexity index is 503. The minimum atomic E-state index is -4.42. The van der Waals surface area contributed by atoms with Crippen molar-refractivity contribution in [2.45, 2.75) is 24.9 Å². The van der Waals surface area contributed by atoms with E-state index in [9.17, 15) is 18.0 Å². The van der Waals surface area contributed by atoms with Crippen molar-refractivity contribution in [3.8, 4) is 0 Å². The molecule has 1 aromatic rings. The van der Waals surface area contributed by atoms with Crippen LogP contribution in [0, 0.1) is 5.41 Å². The summed E-state index contributed by atoms with van der Waals surface area (Å²) in [5.41, 5.74) is 6.15. The van der Waals surface area contributed by atoms with Crippen molar-refractivity contribution in [3.63, 3.8) is 0 Å². The zero-order chi connectivity index (χ0) is 15.6. The number of amides is 1. The molecule has 0 fully saturated rings. The minimum absolute atomic E-state index is 0.0359. The van der Waals surface area contributed by atoms with Crippen molar-refractivity contribution >= 4 is 23.4 Å². The van der Waals surface area contributed by atoms with Gasteiger partial charge in [0.25, 0.3) is 0 Å². The van der Waals surface area contributed by atoms with Crippen molar-refractivity contribution in [1.29, 1.82) is 0 Å². The number of alkyl halides is 3. The third kappa shape index (κ3) is 4.04. The number of thioether (sulfide) groups is 1. The van der Waals surface area contributed by atoms with Crippen LogP contribution in [-0.4, -0.2) is 11.7 Å². The molecule has 20 heavy (non-hydrogen) atoms. The van der Waals surface area contributed by atoms with Crippen LogP contribution < -0.4 is 17.0 Å². The number of rotatable bonds is 4. The Balaban J connectivity index is 2.83. The topological polar surface area (TPSA) is 81.1 Å². The standard InChI is InChI=1S/C12H16F3N3OS/c1-11(2,10(19)18-17)6-20-9-4-3-7(5-8(9)16)12(13,14)15/h3-5H,6,16-17H2,1-2H3,(H,18,19). The first-order valence-corrected chi connectivity index (χ1v) is 6.67. The monoisotopic (exact) mass is 307 g/mol. The average Bonchev–Trinajstić information content (AvgIpc) is 2.35. The molecule has 1 aromatic carbocycles. The Morgan fingerprint density at radius 3 is 2.40 bits per heavy atom. The third-order valence-electron chi connectivity index (χ3n) is 2.67. The van der Waals surface area contributed by atoms with Crippen LogP contribution in [0.2, 0.25) is 0 Å². The number of carbonyl (C=O) groups excluding carboxylic acids is 1. The van der Waals surface area contributed by atoms with Crippen molar-refractivity contribution in [3.05, 3.63) is 23.8 Å². The summed E-state index contributed by atoms with van der Waals surface area (Å²) >= 11 is 1.21. The van der Waals surface area contributed by atoms with Crippen molar-refractivity contribution in [2.24, 2.45) is 11.3 Å². The SMILES string of the molecule is CC(C)(CSc1ccc(C(F)(F)F)cc1N)C(=O)NN. The van der Waals surface area contributed by atoms with Crippen LogP contribution in [0.25, 0.3) is 0 Å². The molecule has 1 rings (SSSR count). The van der Waals surface area contributed by atoms with Crippen LogP contribution in [-0.2, 0) is 11.0 Å². The van der Waals surface area contributed by atoms with E-state index in [0.717, 1.165) is 12.1 Å². The van der Waals surface area contributed by atoms with Gasteiger partial charge in [-0.2, -0.15) is 13.2 Å². The predicted molar refractivity (Wildman–Crippen MR) is 72.7 cm³/mol. The Kier molecular flexibility index (Phi) is 4.93. The molecule has 0 radical (unpaired) electrons. The van der Waals surface area contributed by atoms with Gasteiger partial charge in [0, 0.05) is 16.3 Å². The van der Waals surface area contributed by atoms with Gasteiger partial charge < -0.3 is 5.73 Å². The Hall–Kier alpha value is -1.41. The molecule has 0 aliphatic heterocycles. The maximum absolute atomic E-state index is 12.5. The number of nitrogens with one attached hydrogen (secondary N) is 1. The van der Waals surface area contributed by atoms with Crippen LogP contribution in [0.15, 0.2) is 23.1 Å². The van der Waals surface area contributed by atoms with E-state index < -0.39 is 17.2 Å². The van der Waals surface area contributed by atoms with Crippen molar-refractivity contribution in [1.82, 2.24) is 5.43 Å². The summed E-state index contributed by atoms with van der Waals surface area (Å²) in [7, 11) is 0. The zero-order valence-electron chi connectivity index (χ0n) is 11.0. The number of carbonyl (C=O) groups is 1. The van der Waals surface area contributed by atoms with Gasteiger partial charge in [0.1, 0.15) is 0 Å². The number of hydrogen-bond donors (Lipinski definition) is 3. The maximum atomic E-state index is 12.5. The summed E-state index contributed by atoms with van der Waals surface area (Å²) in [5, 5.41) is 0. The van der Waals surface area contributed by atoms with Gasteiger partial charge in [-0.25, -0.2) is 5.84 Å². The lowest BCUT2D eigenvalue weighted by atomic mass is 9.96. The highest BCUT2D eigenvalue weighted by molar-refractivity contribution is 7.99. The van der Waals surface area contributed by atoms with Gasteiger partial charge >= 0.3 is 6.18 Å². The van der Waals surface area contributed by atoms with Gasteiger partial charge in [-0.3, -0.25) is 10.2 Å². The summed E-state index contributed by atoms with van der Waals surface area (Å²) in [6.45, 7) is 3.37. The van der Waals surface area contributed by atoms with Crippen LogP contribution in [0.3, 0.4) is 0 Å². The summed E-state index contributed by atoms with van der Waals surface area (Å²) in [6, 6.07) is 3.16. The minimum Gasteiger partial charge on any atom is -0.398 e. The zero-order valence-corrected chi connectivity index (χ0v) is 11.9. The fraction of sp³-hybridized carbons (Fsp3) is 0.417. The number of benzene rings is 1. The lowest BCUT2D eigenvalue weighted by Gasteiger charge is -2.22. The van der Waals surface area contributed by atoms with Gasteiger partial charge in [-0.1, -0.05) is 13.8 Å². The van der Waals surface area contributed by atoms with E-state index >= 15 is 0 Å². The number of hydrazine groups is 1. The van der Waals surface area contributed by atoms with E-state index in [4.69, 9.17) is 11.6 Å². The molecule has 0 unspecified atom stereocenters. The normalized spacial score (nSPS) is 12.3. The van der Waals surface area contributed by atoms with Crippen molar-refractivity contribution < 1.29 is 18.0 Å². The molecule has 0 spiro atoms. The fourth-order valence-electron chi connectivity index (χ4n) is 1.38. The lowest BCUT2D eigenvalue weighted by Crippen LogP contribution is -2.42. The maximum Gasteiger partial charge on any atom is 0.416 e. The molecular weight excluding hydrogens is 291 g/mol. The molecule has 8 heteroatoms. The molecule has 0 bridgehead atoms. The Morgan fingerprint density at radius 2 is 1.95 bits per heavy atom. The van der Waals surface area contributed by atoms with Gasteiger partial charge in [0.15, 0.2) is 0 Å². The molecule has 0 saturated heterocycles. The number of nitrogens with two attached hydrogens (primary N) is 2. The van der Waals surface area contributed by atoms with Crippen LogP contribution in [0.1, 0.15) is 19.4 Å². The lowest BCUT2D eigenvalue weighted by molar-refractivity contribution is -0.137. The van der Waals surface area contributed by atoms with Crippen LogP contribution >= 0.6 is 11.8 Å². The summed E-state index contributed by atoms with van der Waals surface area (Å²) in [4.78, 5) is 12.0. The first-order chi connectivity index (χ1) is 9.08. The quantitative estimate of drug-likeness (QED) is 0.262. The van der Waals surface area contributed by atoms with Crippen molar-refractivity contribution in [2.75, 3.05) is 11.5 Å². The Labute approximate surface area is 119 Å². The second-order valence-corrected chi connectivity index (χ2v) is 5.91. The highest BCUT2D eigenvalue weighted by atomic mass is 32.2. The summed E-state index contributed by atoms with van der Waals surface area (Å²) in [5.74, 6) is 5.05. The molecule has 0 aromatic heterocycles. The van der Waals surface area contributed by atoms with Gasteiger partial charge in [0.2, 0.25) is 5.91 Å². The number of nitrogen functional groups attached to an aromatic ring is 1. The molecule has 0 atom stereocenters. The van der Waals surface area contributed by atoms with E-state index in [1.807, 2.05) is 0 Å². The second kappa shape index (κ2) is 5.92. The fourth-order valence-corrected chi connectivity index (χ4v) is 2.41. The number of anilines is 1. The van der Waals surface area contributed by atoms with Gasteiger partial charge in [0.05, 0.1) is 11.0 Å². The summed E-state index contributed by atoms with van der Waals surface area (Å²) < 4.78 is 37.5. The van der Waals surface area contributed by atoms with Gasteiger partial charge in [-0.05, 0) is 18.2 Å². The molecule has 0 aliphatic carbocycles. The smallest absolute Gasteiger partial charge is 0.398 e. The molecular formula is C12H16F3N3OS. The third-order valence-corrected chi connectivity index (χ3v) is 4.22. The Morgan fingerprint density at radius 1 is 1.35 bits per heavy atom. The van der Waals surface area contributed by atoms with E-state index in [1.165, 1.54) is 17.8 Å². The molecule has 4 nitrogen and oxygen atoms in total. The van der Waals surface area contributed by atoms with Crippen LogP contribution in [0.5, 0.6) is 0 Å². The first kappa shape index (κ1) is 16.6. The van der Waals surface area contributed by atoms with E-state index in [-0.39, 0.29) is 11.6 Å². The largest absolute Gasteiger partial charge is 0.416 e. The molecule has 112 valence electrons. The molecule has 0 aliphatic rings. The first-order valence-electron chi connectivity index (χ1n) is 5.68.